The van der Waals surface area contributed by atoms with Gasteiger partial charge in [0, 0.05) is 12.3 Å². The largest absolute Gasteiger partial charge is 0.394 e. The average molecular weight is 1070 g/mol. The van der Waals surface area contributed by atoms with Crippen LogP contribution in [0.2, 0.25) is 0 Å². The minimum Gasteiger partial charge on any atom is -0.394 e. The summed E-state index contributed by atoms with van der Waals surface area (Å²) < 4.78 is 53.7. The summed E-state index contributed by atoms with van der Waals surface area (Å²) in [6.45, 7) is 8.45. The molecule has 9 aliphatic rings. The highest BCUT2D eigenvalue weighted by Gasteiger charge is 2.68. The van der Waals surface area contributed by atoms with Crippen molar-refractivity contribution in [3.8, 4) is 0 Å². The Hall–Kier alpha value is -0.920. The zero-order chi connectivity index (χ0) is 53.5. The fourth-order valence-corrected chi connectivity index (χ4v) is 15.6. The van der Waals surface area contributed by atoms with Gasteiger partial charge in [0.2, 0.25) is 0 Å². The van der Waals surface area contributed by atoms with Crippen molar-refractivity contribution in [2.45, 2.75) is 240 Å². The first-order chi connectivity index (χ1) is 35.0. The van der Waals surface area contributed by atoms with Gasteiger partial charge < -0.3 is 114 Å². The van der Waals surface area contributed by atoms with Gasteiger partial charge in [-0.1, -0.05) is 27.7 Å². The van der Waals surface area contributed by atoms with Gasteiger partial charge in [-0.25, -0.2) is 0 Å². The first kappa shape index (κ1) is 57.8. The van der Waals surface area contributed by atoms with Gasteiger partial charge in [0.25, 0.3) is 0 Å². The summed E-state index contributed by atoms with van der Waals surface area (Å²) in [6, 6.07) is 0. The average Bonchev–Trinajstić information content (AvgIpc) is 3.83. The lowest BCUT2D eigenvalue weighted by Crippen LogP contribution is -2.67. The second kappa shape index (κ2) is 22.6. The van der Waals surface area contributed by atoms with E-state index in [1.807, 2.05) is 6.92 Å². The molecule has 5 heterocycles. The van der Waals surface area contributed by atoms with Crippen molar-refractivity contribution in [2.24, 2.45) is 52.3 Å². The maximum atomic E-state index is 12.1. The summed E-state index contributed by atoms with van der Waals surface area (Å²) >= 11 is 0. The fraction of sp³-hybridized carbons (Fsp3) is 1.00. The van der Waals surface area contributed by atoms with Crippen LogP contribution in [0.1, 0.15) is 98.8 Å². The van der Waals surface area contributed by atoms with Crippen LogP contribution in [0.5, 0.6) is 0 Å². The molecule has 5 saturated heterocycles. The summed E-state index contributed by atoms with van der Waals surface area (Å²) in [4.78, 5) is 0. The number of hydrogen-bond acceptors (Lipinski definition) is 23. The van der Waals surface area contributed by atoms with E-state index >= 15 is 0 Å². The van der Waals surface area contributed by atoms with Crippen LogP contribution in [0.4, 0.5) is 0 Å². The number of aliphatic hydroxyl groups excluding tert-OH is 13. The molecule has 5 aliphatic heterocycles. The molecule has 0 spiro atoms. The molecule has 0 unspecified atom stereocenters. The molecule has 0 aromatic carbocycles. The van der Waals surface area contributed by atoms with Crippen molar-refractivity contribution in [3.05, 3.63) is 0 Å². The summed E-state index contributed by atoms with van der Waals surface area (Å²) in [7, 11) is 0. The predicted octanol–water partition coefficient (Wildman–Crippen LogP) is -2.93. The molecule has 23 nitrogen and oxygen atoms in total. The van der Waals surface area contributed by atoms with Crippen LogP contribution in [0.25, 0.3) is 0 Å². The quantitative estimate of drug-likeness (QED) is 0.0730. The second-order valence-corrected chi connectivity index (χ2v) is 24.3. The molecule has 4 aliphatic carbocycles. The smallest absolute Gasteiger partial charge is 0.187 e. The molecule has 9 fully saturated rings. The van der Waals surface area contributed by atoms with Crippen LogP contribution in [0.15, 0.2) is 0 Å². The molecule has 0 bridgehead atoms. The Bertz CT molecular complexity index is 1850. The first-order valence-electron chi connectivity index (χ1n) is 27.2. The van der Waals surface area contributed by atoms with E-state index in [0.717, 1.165) is 38.5 Å². The van der Waals surface area contributed by atoms with Gasteiger partial charge in [0.1, 0.15) is 91.6 Å². The SMILES string of the molecule is C[C@@H](CC[C@@]1(O)O[C@H]2C[C@H]3[C@@H]4CC[C@@H]5C[C@@H](O[C@@H]6O[C@H](CO)[C@H](O[C@@H]7O[C@H](CO)[C@@H](O)[C@H](O)[C@H]7O[C@@H]7O[C@@H](C)[C@H](O)[C@@H](O)[C@H]7O)[C@H](O)[C@H]6O)CC[C@]5(C)[C@H]4CC[C@]3(C)[C@H]2[C@@H]1C)CO[C@@H]1O[C@H](CO)[C@@H](O)[C@H](O)[C@H]1O. The van der Waals surface area contributed by atoms with E-state index in [9.17, 15) is 71.5 Å². The van der Waals surface area contributed by atoms with E-state index in [0.29, 0.717) is 49.4 Å². The number of hydrogen-bond donors (Lipinski definition) is 14. The van der Waals surface area contributed by atoms with E-state index in [2.05, 4.69) is 20.8 Å². The number of aliphatic hydroxyl groups is 14. The maximum Gasteiger partial charge on any atom is 0.187 e. The molecule has 4 saturated carbocycles. The lowest BCUT2D eigenvalue weighted by molar-refractivity contribution is -0.389. The van der Waals surface area contributed by atoms with E-state index < -0.39 is 148 Å². The zero-order valence-corrected chi connectivity index (χ0v) is 43.1. The summed E-state index contributed by atoms with van der Waals surface area (Å²) in [6.07, 6.45) is -22.6. The first-order valence-corrected chi connectivity index (χ1v) is 27.2. The number of rotatable bonds is 15. The molecule has 0 aromatic heterocycles. The van der Waals surface area contributed by atoms with E-state index in [1.54, 1.807) is 0 Å². The van der Waals surface area contributed by atoms with Gasteiger partial charge in [-0.2, -0.15) is 0 Å². The lowest BCUT2D eigenvalue weighted by Gasteiger charge is -2.61. The van der Waals surface area contributed by atoms with Crippen molar-refractivity contribution >= 4 is 0 Å². The van der Waals surface area contributed by atoms with Crippen molar-refractivity contribution in [1.29, 1.82) is 0 Å². The molecule has 23 heteroatoms. The molecule has 14 N–H and O–H groups in total. The highest BCUT2D eigenvalue weighted by Crippen LogP contribution is 2.71. The Balaban J connectivity index is 0.783. The van der Waals surface area contributed by atoms with Crippen molar-refractivity contribution in [1.82, 2.24) is 0 Å². The Kier molecular flexibility index (Phi) is 17.6. The molecule has 0 aromatic rings. The Morgan fingerprint density at radius 2 is 1.12 bits per heavy atom. The molecule has 428 valence electrons. The van der Waals surface area contributed by atoms with E-state index in [1.165, 1.54) is 6.92 Å². The van der Waals surface area contributed by atoms with Crippen molar-refractivity contribution in [2.75, 3.05) is 26.4 Å². The van der Waals surface area contributed by atoms with Crippen LogP contribution >= 0.6 is 0 Å². The Labute approximate surface area is 431 Å². The molecular formula is C51H86O23. The lowest BCUT2D eigenvalue weighted by atomic mass is 9.44. The van der Waals surface area contributed by atoms with Crippen LogP contribution in [-0.2, 0) is 42.6 Å². The van der Waals surface area contributed by atoms with Gasteiger partial charge >= 0.3 is 0 Å². The number of fused-ring (bicyclic) bond motifs is 7. The summed E-state index contributed by atoms with van der Waals surface area (Å²) in [5.41, 5.74) is 0.00760. The van der Waals surface area contributed by atoms with Gasteiger partial charge in [0.15, 0.2) is 30.9 Å². The predicted molar refractivity (Wildman–Crippen MR) is 250 cm³/mol. The third kappa shape index (κ3) is 10.3. The van der Waals surface area contributed by atoms with Crippen molar-refractivity contribution < 1.29 is 114 Å². The van der Waals surface area contributed by atoms with Gasteiger partial charge in [-0.15, -0.1) is 0 Å². The Morgan fingerprint density at radius 1 is 0.554 bits per heavy atom. The minimum atomic E-state index is -1.84. The van der Waals surface area contributed by atoms with Gasteiger partial charge in [-0.3, -0.25) is 0 Å². The number of ether oxygens (including phenoxy) is 9. The third-order valence-electron chi connectivity index (χ3n) is 20.1. The van der Waals surface area contributed by atoms with Crippen LogP contribution < -0.4 is 0 Å². The van der Waals surface area contributed by atoms with Crippen LogP contribution in [0, 0.1) is 52.3 Å². The van der Waals surface area contributed by atoms with E-state index in [-0.39, 0.29) is 47.4 Å². The molecule has 0 radical (unpaired) electrons. The molecule has 32 atom stereocenters. The molecule has 74 heavy (non-hydrogen) atoms. The van der Waals surface area contributed by atoms with Crippen molar-refractivity contribution in [3.63, 3.8) is 0 Å². The maximum absolute atomic E-state index is 12.1. The highest BCUT2D eigenvalue weighted by atomic mass is 16.8. The van der Waals surface area contributed by atoms with Gasteiger partial charge in [0.05, 0.1) is 44.7 Å². The standard InChI is InChI=1S/C51H86O23/c1-20(19-66-45-40(62)37(59)34(56)29(16-52)69-45)8-13-51(65)21(2)32-28(74-51)15-27-25-7-6-23-14-24(9-11-49(23,4)26(25)10-12-50(27,32)5)68-47-42(64)39(61)43(31(18-54)71-47)72-48-44(38(60)35(57)30(17-53)70-48)73-46-41(63)36(58)33(55)22(3)67-46/h20-48,52-65H,6-19H2,1-5H3/t20-,21-,22-,23+,24-,25+,26-,27-,28-,29+,30+,31+,32-,33-,34+,35+,36+,37-,38-,39+,40+,41+,42+,43-,44+,45+,46-,47+,48-,49-,50-,51+/m0/s1. The topological polar surface area (TPSA) is 366 Å². The normalized spacial score (nSPS) is 56.0. The molecule has 9 rings (SSSR count). The fourth-order valence-electron chi connectivity index (χ4n) is 15.6. The van der Waals surface area contributed by atoms with Gasteiger partial charge in [-0.05, 0) is 111 Å². The Morgan fingerprint density at radius 3 is 1.81 bits per heavy atom. The zero-order valence-electron chi connectivity index (χ0n) is 43.1. The molecular weight excluding hydrogens is 981 g/mol. The third-order valence-corrected chi connectivity index (χ3v) is 20.1. The van der Waals surface area contributed by atoms with Crippen LogP contribution in [-0.4, -0.2) is 239 Å². The van der Waals surface area contributed by atoms with E-state index in [4.69, 9.17) is 42.6 Å². The second-order valence-electron chi connectivity index (χ2n) is 24.3. The monoisotopic (exact) mass is 1070 g/mol. The molecule has 0 amide bonds. The van der Waals surface area contributed by atoms with Crippen LogP contribution in [0.3, 0.4) is 0 Å². The summed E-state index contributed by atoms with van der Waals surface area (Å²) in [5, 5.41) is 149. The minimum absolute atomic E-state index is 0.0190. The summed E-state index contributed by atoms with van der Waals surface area (Å²) in [5.74, 6) is 0.392. The highest BCUT2D eigenvalue weighted by molar-refractivity contribution is 5.15.